The van der Waals surface area contributed by atoms with Gasteiger partial charge in [0, 0.05) is 18.9 Å². The largest absolute Gasteiger partial charge is 0.478 e. The summed E-state index contributed by atoms with van der Waals surface area (Å²) >= 11 is 0. The molecule has 8 nitrogen and oxygen atoms in total. The summed E-state index contributed by atoms with van der Waals surface area (Å²) in [6, 6.07) is 3.63. The monoisotopic (exact) mass is 316 g/mol. The molecule has 0 aromatic heterocycles. The van der Waals surface area contributed by atoms with Gasteiger partial charge in [0.25, 0.3) is 5.69 Å². The number of para-hydroxylation sites is 1. The molecule has 0 aliphatic heterocycles. The Kier molecular flexibility index (Phi) is 4.57. The quantitative estimate of drug-likeness (QED) is 0.601. The van der Waals surface area contributed by atoms with Gasteiger partial charge >= 0.3 is 5.97 Å². The highest BCUT2D eigenvalue weighted by Gasteiger charge is 2.31. The van der Waals surface area contributed by atoms with E-state index in [4.69, 9.17) is 5.11 Å². The first-order valence-corrected chi connectivity index (χ1v) is 7.80. The molecule has 0 bridgehead atoms. The van der Waals surface area contributed by atoms with E-state index >= 15 is 0 Å². The van der Waals surface area contributed by atoms with Crippen LogP contribution in [0.4, 0.5) is 11.4 Å². The highest BCUT2D eigenvalue weighted by atomic mass is 32.2. The molecular weight excluding hydrogens is 300 g/mol. The molecule has 21 heavy (non-hydrogen) atoms. The van der Waals surface area contributed by atoms with E-state index in [0.29, 0.717) is 0 Å². The van der Waals surface area contributed by atoms with Crippen molar-refractivity contribution in [1.29, 1.82) is 0 Å². The number of nitro benzene ring substituents is 1. The van der Waals surface area contributed by atoms with Crippen molar-refractivity contribution in [1.82, 2.24) is 0 Å². The molecule has 2 N–H and O–H groups in total. The Labute approximate surface area is 121 Å². The van der Waals surface area contributed by atoms with Crippen LogP contribution in [0, 0.1) is 10.1 Å². The predicted molar refractivity (Wildman–Crippen MR) is 77.5 cm³/mol. The highest BCUT2D eigenvalue weighted by Crippen LogP contribution is 2.29. The minimum Gasteiger partial charge on any atom is -0.478 e. The average Bonchev–Trinajstić information content (AvgIpc) is 2.34. The van der Waals surface area contributed by atoms with Crippen LogP contribution in [0.5, 0.6) is 0 Å². The van der Waals surface area contributed by atoms with Gasteiger partial charge < -0.3 is 10.4 Å². The lowest BCUT2D eigenvalue weighted by atomic mass is 10.1. The van der Waals surface area contributed by atoms with Crippen LogP contribution in [0.1, 0.15) is 24.2 Å². The lowest BCUT2D eigenvalue weighted by Gasteiger charge is -2.23. The second-order valence-electron chi connectivity index (χ2n) is 5.15. The summed E-state index contributed by atoms with van der Waals surface area (Å²) in [6.45, 7) is 2.74. The Bertz CT molecular complexity index is 649. The van der Waals surface area contributed by atoms with Crippen LogP contribution in [0.25, 0.3) is 0 Å². The van der Waals surface area contributed by atoms with Crippen LogP contribution in [-0.4, -0.2) is 42.0 Å². The normalized spacial score (nSPS) is 12.0. The van der Waals surface area contributed by atoms with E-state index < -0.39 is 31.2 Å². The topological polar surface area (TPSA) is 127 Å². The van der Waals surface area contributed by atoms with Crippen molar-refractivity contribution in [2.75, 3.05) is 18.1 Å². The third-order valence-corrected chi connectivity index (χ3v) is 5.32. The molecule has 1 aromatic rings. The summed E-state index contributed by atoms with van der Waals surface area (Å²) in [7, 11) is -3.42. The number of rotatable bonds is 6. The molecule has 0 aliphatic rings. The Morgan fingerprint density at radius 2 is 2.00 bits per heavy atom. The van der Waals surface area contributed by atoms with E-state index in [0.717, 1.165) is 12.3 Å². The number of anilines is 1. The molecule has 0 heterocycles. The number of benzene rings is 1. The van der Waals surface area contributed by atoms with Crippen LogP contribution in [0.2, 0.25) is 0 Å². The summed E-state index contributed by atoms with van der Waals surface area (Å²) in [5.41, 5.74) is -0.903. The molecule has 0 radical (unpaired) electrons. The number of carbonyl (C=O) groups is 1. The molecule has 0 unspecified atom stereocenters. The Balaban J connectivity index is 3.24. The molecule has 0 atom stereocenters. The van der Waals surface area contributed by atoms with Gasteiger partial charge in [0.05, 0.1) is 15.2 Å². The molecule has 1 rings (SSSR count). The van der Waals surface area contributed by atoms with Crippen molar-refractivity contribution in [2.24, 2.45) is 0 Å². The minimum absolute atomic E-state index is 0.156. The van der Waals surface area contributed by atoms with Crippen molar-refractivity contribution in [3.8, 4) is 0 Å². The Morgan fingerprint density at radius 1 is 1.43 bits per heavy atom. The fourth-order valence-corrected chi connectivity index (χ4v) is 1.82. The number of carboxylic acid groups (broad SMARTS) is 1. The summed E-state index contributed by atoms with van der Waals surface area (Å²) < 4.78 is 22.0. The van der Waals surface area contributed by atoms with E-state index in [-0.39, 0.29) is 17.8 Å². The molecule has 0 fully saturated rings. The van der Waals surface area contributed by atoms with Gasteiger partial charge in [-0.15, -0.1) is 0 Å². The zero-order chi connectivity index (χ0) is 16.4. The molecule has 0 saturated carbocycles. The van der Waals surface area contributed by atoms with Crippen molar-refractivity contribution >= 4 is 27.2 Å². The zero-order valence-electron chi connectivity index (χ0n) is 11.8. The van der Waals surface area contributed by atoms with Gasteiger partial charge in [0.1, 0.15) is 5.69 Å². The second-order valence-corrected chi connectivity index (χ2v) is 7.80. The molecule has 0 aliphatic carbocycles. The standard InChI is InChI=1S/C12H16N2O6S/c1-12(2,21(3,19)20)7-13-10-8(11(15)16)5-4-6-9(10)14(17)18/h4-6,13H,7H2,1-3H3,(H,15,16). The van der Waals surface area contributed by atoms with Crippen LogP contribution in [-0.2, 0) is 9.84 Å². The first-order chi connectivity index (χ1) is 9.47. The molecule has 116 valence electrons. The Hall–Kier alpha value is -2.16. The van der Waals surface area contributed by atoms with E-state index in [1.165, 1.54) is 26.0 Å². The van der Waals surface area contributed by atoms with E-state index in [2.05, 4.69) is 5.32 Å². The predicted octanol–water partition coefficient (Wildman–Crippen LogP) is 1.53. The summed E-state index contributed by atoms with van der Waals surface area (Å²) in [6.07, 6.45) is 1.05. The summed E-state index contributed by atoms with van der Waals surface area (Å²) in [5.74, 6) is -1.33. The van der Waals surface area contributed by atoms with Crippen molar-refractivity contribution in [2.45, 2.75) is 18.6 Å². The first kappa shape index (κ1) is 16.9. The van der Waals surface area contributed by atoms with Crippen LogP contribution < -0.4 is 5.32 Å². The van der Waals surface area contributed by atoms with Crippen LogP contribution in [0.15, 0.2) is 18.2 Å². The molecule has 1 aromatic carbocycles. The third kappa shape index (κ3) is 3.69. The van der Waals surface area contributed by atoms with Gasteiger partial charge in [-0.25, -0.2) is 13.2 Å². The fraction of sp³-hybridized carbons (Fsp3) is 0.417. The lowest BCUT2D eigenvalue weighted by Crippen LogP contribution is -2.38. The summed E-state index contributed by atoms with van der Waals surface area (Å²) in [5, 5.41) is 22.6. The third-order valence-electron chi connectivity index (χ3n) is 3.16. The number of sulfone groups is 1. The van der Waals surface area contributed by atoms with Crippen LogP contribution in [0.3, 0.4) is 0 Å². The molecule has 0 amide bonds. The van der Waals surface area contributed by atoms with Gasteiger partial charge in [-0.2, -0.15) is 0 Å². The Morgan fingerprint density at radius 3 is 2.43 bits per heavy atom. The van der Waals surface area contributed by atoms with Crippen molar-refractivity contribution in [3.63, 3.8) is 0 Å². The number of nitro groups is 1. The van der Waals surface area contributed by atoms with Crippen LogP contribution >= 0.6 is 0 Å². The number of hydrogen-bond acceptors (Lipinski definition) is 6. The van der Waals surface area contributed by atoms with Gasteiger partial charge in [-0.1, -0.05) is 6.07 Å². The van der Waals surface area contributed by atoms with E-state index in [1.54, 1.807) is 0 Å². The van der Waals surface area contributed by atoms with E-state index in [9.17, 15) is 23.3 Å². The maximum absolute atomic E-state index is 11.6. The number of nitrogens with one attached hydrogen (secondary N) is 1. The smallest absolute Gasteiger partial charge is 0.338 e. The number of carboxylic acids is 1. The molecule has 9 heteroatoms. The zero-order valence-corrected chi connectivity index (χ0v) is 12.6. The summed E-state index contributed by atoms with van der Waals surface area (Å²) in [4.78, 5) is 21.4. The highest BCUT2D eigenvalue weighted by molar-refractivity contribution is 7.92. The lowest BCUT2D eigenvalue weighted by molar-refractivity contribution is -0.384. The maximum atomic E-state index is 11.6. The first-order valence-electron chi connectivity index (χ1n) is 5.91. The van der Waals surface area contributed by atoms with Gasteiger partial charge in [-0.3, -0.25) is 10.1 Å². The van der Waals surface area contributed by atoms with Gasteiger partial charge in [0.15, 0.2) is 9.84 Å². The maximum Gasteiger partial charge on any atom is 0.338 e. The van der Waals surface area contributed by atoms with Crippen molar-refractivity contribution in [3.05, 3.63) is 33.9 Å². The fourth-order valence-electron chi connectivity index (χ4n) is 1.49. The average molecular weight is 316 g/mol. The minimum atomic E-state index is -3.42. The SMILES string of the molecule is CC(C)(CNc1c(C(=O)O)cccc1[N+](=O)[O-])S(C)(=O)=O. The number of nitrogens with zero attached hydrogens (tertiary/aromatic N) is 1. The molecule has 0 saturated heterocycles. The van der Waals surface area contributed by atoms with Gasteiger partial charge in [-0.05, 0) is 19.9 Å². The van der Waals surface area contributed by atoms with E-state index in [1.807, 2.05) is 0 Å². The molecular formula is C12H16N2O6S. The van der Waals surface area contributed by atoms with Crippen molar-refractivity contribution < 1.29 is 23.2 Å². The second kappa shape index (κ2) is 5.68. The number of aromatic carboxylic acids is 1. The van der Waals surface area contributed by atoms with Gasteiger partial charge in [0.2, 0.25) is 0 Å². The number of hydrogen-bond donors (Lipinski definition) is 2. The molecule has 0 spiro atoms.